The molecule has 1 saturated heterocycles. The molecule has 3 nitrogen and oxygen atoms in total. The third kappa shape index (κ3) is 4.02. The average molecular weight is 327 g/mol. The normalized spacial score (nSPS) is 24.6. The molecule has 0 saturated carbocycles. The topological polar surface area (TPSA) is 24.5 Å². The molecule has 2 atom stereocenters. The quantitative estimate of drug-likeness (QED) is 0.920. The highest BCUT2D eigenvalue weighted by Crippen LogP contribution is 2.23. The standard InChI is InChI=1S/C15H23BrN2O/c1-11-10-19-12(2)8-18(11)9-14-5-4-13(7-17-3)6-15(14)16/h4-6,11-12,17H,7-10H2,1-3H3. The van der Waals surface area contributed by atoms with Gasteiger partial charge in [0.15, 0.2) is 0 Å². The van der Waals surface area contributed by atoms with Crippen LogP contribution in [0.15, 0.2) is 22.7 Å². The number of nitrogens with one attached hydrogen (secondary N) is 1. The molecule has 0 aliphatic carbocycles. The third-order valence-electron chi connectivity index (χ3n) is 3.61. The summed E-state index contributed by atoms with van der Waals surface area (Å²) in [5.41, 5.74) is 2.65. The molecular formula is C15H23BrN2O. The van der Waals surface area contributed by atoms with Crippen LogP contribution in [-0.2, 0) is 17.8 Å². The fraction of sp³-hybridized carbons (Fsp3) is 0.600. The zero-order chi connectivity index (χ0) is 13.8. The second-order valence-electron chi connectivity index (χ2n) is 5.38. The monoisotopic (exact) mass is 326 g/mol. The number of morpholine rings is 1. The smallest absolute Gasteiger partial charge is 0.0674 e. The van der Waals surface area contributed by atoms with E-state index in [2.05, 4.69) is 58.2 Å². The van der Waals surface area contributed by atoms with Crippen LogP contribution in [0.3, 0.4) is 0 Å². The Bertz CT molecular complexity index is 425. The first-order valence-corrected chi connectivity index (χ1v) is 7.67. The molecule has 106 valence electrons. The van der Waals surface area contributed by atoms with Crippen LogP contribution >= 0.6 is 15.9 Å². The highest BCUT2D eigenvalue weighted by molar-refractivity contribution is 9.10. The minimum absolute atomic E-state index is 0.332. The van der Waals surface area contributed by atoms with Crippen molar-refractivity contribution < 1.29 is 4.74 Å². The molecule has 2 rings (SSSR count). The second kappa shape index (κ2) is 6.84. The molecule has 0 amide bonds. The number of nitrogens with zero attached hydrogens (tertiary/aromatic N) is 1. The lowest BCUT2D eigenvalue weighted by atomic mass is 10.1. The molecule has 1 N–H and O–H groups in total. The molecule has 4 heteroatoms. The number of hydrogen-bond acceptors (Lipinski definition) is 3. The minimum atomic E-state index is 0.332. The van der Waals surface area contributed by atoms with E-state index in [9.17, 15) is 0 Å². The Morgan fingerprint density at radius 3 is 2.89 bits per heavy atom. The number of benzene rings is 1. The van der Waals surface area contributed by atoms with Crippen LogP contribution in [0, 0.1) is 0 Å². The molecule has 0 radical (unpaired) electrons. The molecule has 1 aliphatic rings. The molecule has 2 unspecified atom stereocenters. The van der Waals surface area contributed by atoms with Gasteiger partial charge in [0.1, 0.15) is 0 Å². The number of hydrogen-bond donors (Lipinski definition) is 1. The maximum absolute atomic E-state index is 5.68. The molecule has 0 spiro atoms. The summed E-state index contributed by atoms with van der Waals surface area (Å²) in [5.74, 6) is 0. The molecule has 1 heterocycles. The first-order chi connectivity index (χ1) is 9.10. The van der Waals surface area contributed by atoms with Crippen LogP contribution in [-0.4, -0.2) is 37.2 Å². The van der Waals surface area contributed by atoms with Crippen LogP contribution in [0.2, 0.25) is 0 Å². The molecule has 1 aromatic rings. The molecule has 19 heavy (non-hydrogen) atoms. The summed E-state index contributed by atoms with van der Waals surface area (Å²) in [7, 11) is 1.97. The van der Waals surface area contributed by atoms with Gasteiger partial charge < -0.3 is 10.1 Å². The van der Waals surface area contributed by atoms with E-state index in [4.69, 9.17) is 4.74 Å². The highest BCUT2D eigenvalue weighted by Gasteiger charge is 2.23. The van der Waals surface area contributed by atoms with Gasteiger partial charge in [0.2, 0.25) is 0 Å². The third-order valence-corrected chi connectivity index (χ3v) is 4.35. The van der Waals surface area contributed by atoms with Crippen molar-refractivity contribution in [2.24, 2.45) is 0 Å². The van der Waals surface area contributed by atoms with Crippen molar-refractivity contribution in [2.75, 3.05) is 20.2 Å². The Balaban J connectivity index is 2.05. The second-order valence-corrected chi connectivity index (χ2v) is 6.23. The van der Waals surface area contributed by atoms with E-state index in [1.807, 2.05) is 7.05 Å². The summed E-state index contributed by atoms with van der Waals surface area (Å²) in [5, 5.41) is 3.18. The molecule has 1 aliphatic heterocycles. The van der Waals surface area contributed by atoms with Crippen LogP contribution in [0.5, 0.6) is 0 Å². The van der Waals surface area contributed by atoms with Gasteiger partial charge in [-0.25, -0.2) is 0 Å². The van der Waals surface area contributed by atoms with Crippen molar-refractivity contribution >= 4 is 15.9 Å². The summed E-state index contributed by atoms with van der Waals surface area (Å²) in [6, 6.07) is 7.12. The maximum Gasteiger partial charge on any atom is 0.0674 e. The summed E-state index contributed by atoms with van der Waals surface area (Å²) in [6.45, 7) is 8.10. The molecule has 0 bridgehead atoms. The van der Waals surface area contributed by atoms with Gasteiger partial charge in [-0.15, -0.1) is 0 Å². The predicted octanol–water partition coefficient (Wildman–Crippen LogP) is 2.78. The zero-order valence-electron chi connectivity index (χ0n) is 11.9. The van der Waals surface area contributed by atoms with Gasteiger partial charge in [-0.3, -0.25) is 4.90 Å². The fourth-order valence-corrected chi connectivity index (χ4v) is 3.00. The van der Waals surface area contributed by atoms with E-state index in [0.717, 1.165) is 26.2 Å². The Kier molecular flexibility index (Phi) is 5.39. The first-order valence-electron chi connectivity index (χ1n) is 6.87. The average Bonchev–Trinajstić information content (AvgIpc) is 2.37. The highest BCUT2D eigenvalue weighted by atomic mass is 79.9. The van der Waals surface area contributed by atoms with Crippen LogP contribution in [0.25, 0.3) is 0 Å². The summed E-state index contributed by atoms with van der Waals surface area (Å²) in [6.07, 6.45) is 0.332. The molecule has 0 aromatic heterocycles. The first kappa shape index (κ1) is 15.0. The van der Waals surface area contributed by atoms with Crippen molar-refractivity contribution in [3.63, 3.8) is 0 Å². The largest absolute Gasteiger partial charge is 0.376 e. The molecular weight excluding hydrogens is 304 g/mol. The lowest BCUT2D eigenvalue weighted by Gasteiger charge is -2.37. The van der Waals surface area contributed by atoms with E-state index in [0.29, 0.717) is 12.1 Å². The van der Waals surface area contributed by atoms with E-state index >= 15 is 0 Å². The van der Waals surface area contributed by atoms with Crippen LogP contribution < -0.4 is 5.32 Å². The lowest BCUT2D eigenvalue weighted by Crippen LogP contribution is -2.46. The Labute approximate surface area is 124 Å². The summed E-state index contributed by atoms with van der Waals surface area (Å²) >= 11 is 3.69. The van der Waals surface area contributed by atoms with E-state index < -0.39 is 0 Å². The van der Waals surface area contributed by atoms with E-state index in [-0.39, 0.29) is 0 Å². The van der Waals surface area contributed by atoms with Crippen LogP contribution in [0.4, 0.5) is 0 Å². The molecule has 1 fully saturated rings. The van der Waals surface area contributed by atoms with Crippen molar-refractivity contribution in [2.45, 2.75) is 39.1 Å². The van der Waals surface area contributed by atoms with Crippen molar-refractivity contribution in [3.05, 3.63) is 33.8 Å². The lowest BCUT2D eigenvalue weighted by molar-refractivity contribution is -0.0527. The van der Waals surface area contributed by atoms with Crippen LogP contribution in [0.1, 0.15) is 25.0 Å². The SMILES string of the molecule is CNCc1ccc(CN2CC(C)OCC2C)c(Br)c1. The van der Waals surface area contributed by atoms with Gasteiger partial charge in [0, 0.05) is 30.1 Å². The van der Waals surface area contributed by atoms with Crippen molar-refractivity contribution in [1.82, 2.24) is 10.2 Å². The predicted molar refractivity (Wildman–Crippen MR) is 82.2 cm³/mol. The summed E-state index contributed by atoms with van der Waals surface area (Å²) < 4.78 is 6.88. The Hall–Kier alpha value is -0.420. The Morgan fingerprint density at radius 2 is 2.21 bits per heavy atom. The van der Waals surface area contributed by atoms with E-state index in [1.165, 1.54) is 15.6 Å². The van der Waals surface area contributed by atoms with Crippen molar-refractivity contribution in [1.29, 1.82) is 0 Å². The van der Waals surface area contributed by atoms with E-state index in [1.54, 1.807) is 0 Å². The van der Waals surface area contributed by atoms with Crippen molar-refractivity contribution in [3.8, 4) is 0 Å². The fourth-order valence-electron chi connectivity index (χ4n) is 2.44. The van der Waals surface area contributed by atoms with Gasteiger partial charge in [0.25, 0.3) is 0 Å². The van der Waals surface area contributed by atoms with Gasteiger partial charge in [-0.2, -0.15) is 0 Å². The van der Waals surface area contributed by atoms with Gasteiger partial charge in [-0.1, -0.05) is 28.1 Å². The minimum Gasteiger partial charge on any atom is -0.376 e. The number of halogens is 1. The summed E-state index contributed by atoms with van der Waals surface area (Å²) in [4.78, 5) is 2.49. The maximum atomic E-state index is 5.68. The van der Waals surface area contributed by atoms with Gasteiger partial charge in [-0.05, 0) is 38.1 Å². The Morgan fingerprint density at radius 1 is 1.42 bits per heavy atom. The van der Waals surface area contributed by atoms with Gasteiger partial charge >= 0.3 is 0 Å². The zero-order valence-corrected chi connectivity index (χ0v) is 13.5. The van der Waals surface area contributed by atoms with Gasteiger partial charge in [0.05, 0.1) is 12.7 Å². The number of rotatable bonds is 4. The molecule has 1 aromatic carbocycles. The number of ether oxygens (including phenoxy) is 1.